The number of carboxylic acid groups (broad SMARTS) is 1. The van der Waals surface area contributed by atoms with E-state index in [2.05, 4.69) is 6.92 Å². The first-order valence-corrected chi connectivity index (χ1v) is 6.84. The highest BCUT2D eigenvalue weighted by Crippen LogP contribution is 2.39. The molecule has 0 radical (unpaired) electrons. The van der Waals surface area contributed by atoms with Gasteiger partial charge in [0.1, 0.15) is 12.4 Å². The van der Waals surface area contributed by atoms with Crippen molar-refractivity contribution in [1.82, 2.24) is 9.55 Å². The number of imidazole rings is 1. The van der Waals surface area contributed by atoms with Crippen molar-refractivity contribution in [2.75, 3.05) is 0 Å². The number of hydrogen-bond donors (Lipinski definition) is 1. The molecule has 4 nitrogen and oxygen atoms in total. The van der Waals surface area contributed by atoms with Crippen molar-refractivity contribution in [1.29, 1.82) is 0 Å². The van der Waals surface area contributed by atoms with Crippen LogP contribution in [0.25, 0.3) is 11.0 Å². The second-order valence-electron chi connectivity index (χ2n) is 5.45. The summed E-state index contributed by atoms with van der Waals surface area (Å²) < 4.78 is 1.88. The number of para-hydroxylation sites is 2. The SMILES string of the molecule is CC1CCCC1c1nc2ccccc2n1CC(=O)O. The summed E-state index contributed by atoms with van der Waals surface area (Å²) in [7, 11) is 0. The molecule has 1 N–H and O–H groups in total. The van der Waals surface area contributed by atoms with Crippen molar-refractivity contribution < 1.29 is 9.90 Å². The van der Waals surface area contributed by atoms with Crippen LogP contribution in [0.3, 0.4) is 0 Å². The van der Waals surface area contributed by atoms with E-state index >= 15 is 0 Å². The van der Waals surface area contributed by atoms with Crippen LogP contribution in [0.15, 0.2) is 24.3 Å². The number of fused-ring (bicyclic) bond motifs is 1. The van der Waals surface area contributed by atoms with Gasteiger partial charge in [-0.05, 0) is 30.9 Å². The normalized spacial score (nSPS) is 23.0. The number of carbonyl (C=O) groups is 1. The van der Waals surface area contributed by atoms with Crippen LogP contribution in [0.5, 0.6) is 0 Å². The van der Waals surface area contributed by atoms with Gasteiger partial charge in [0, 0.05) is 5.92 Å². The van der Waals surface area contributed by atoms with Gasteiger partial charge in [0.05, 0.1) is 11.0 Å². The quantitative estimate of drug-likeness (QED) is 0.920. The fraction of sp³-hybridized carbons (Fsp3) is 0.467. The Morgan fingerprint density at radius 3 is 2.89 bits per heavy atom. The lowest BCUT2D eigenvalue weighted by molar-refractivity contribution is -0.137. The molecule has 1 saturated carbocycles. The van der Waals surface area contributed by atoms with Gasteiger partial charge in [-0.15, -0.1) is 0 Å². The van der Waals surface area contributed by atoms with Gasteiger partial charge in [-0.2, -0.15) is 0 Å². The number of benzene rings is 1. The maximum absolute atomic E-state index is 11.1. The molecule has 1 heterocycles. The molecule has 0 bridgehead atoms. The van der Waals surface area contributed by atoms with E-state index in [4.69, 9.17) is 10.1 Å². The highest BCUT2D eigenvalue weighted by atomic mass is 16.4. The monoisotopic (exact) mass is 258 g/mol. The number of aliphatic carboxylic acids is 1. The third-order valence-electron chi connectivity index (χ3n) is 4.17. The molecular weight excluding hydrogens is 240 g/mol. The van der Waals surface area contributed by atoms with E-state index < -0.39 is 5.97 Å². The largest absolute Gasteiger partial charge is 0.480 e. The first-order valence-electron chi connectivity index (χ1n) is 6.84. The molecule has 0 aliphatic heterocycles. The predicted molar refractivity (Wildman–Crippen MR) is 73.1 cm³/mol. The Labute approximate surface area is 112 Å². The molecular formula is C15H18N2O2. The standard InChI is InChI=1S/C15H18N2O2/c1-10-5-4-6-11(10)15-16-12-7-2-3-8-13(12)17(15)9-14(18)19/h2-3,7-8,10-11H,4-6,9H2,1H3,(H,18,19). The van der Waals surface area contributed by atoms with Crippen molar-refractivity contribution in [2.24, 2.45) is 5.92 Å². The smallest absolute Gasteiger partial charge is 0.323 e. The molecule has 4 heteroatoms. The molecule has 0 spiro atoms. The second-order valence-corrected chi connectivity index (χ2v) is 5.45. The molecule has 1 aromatic carbocycles. The molecule has 3 rings (SSSR count). The van der Waals surface area contributed by atoms with Crippen LogP contribution in [-0.4, -0.2) is 20.6 Å². The van der Waals surface area contributed by atoms with Crippen molar-refractivity contribution in [3.05, 3.63) is 30.1 Å². The number of hydrogen-bond acceptors (Lipinski definition) is 2. The Hall–Kier alpha value is -1.84. The molecule has 1 aliphatic rings. The first kappa shape index (κ1) is 12.2. The third-order valence-corrected chi connectivity index (χ3v) is 4.17. The summed E-state index contributed by atoms with van der Waals surface area (Å²) in [6.45, 7) is 2.24. The van der Waals surface area contributed by atoms with Gasteiger partial charge in [0.2, 0.25) is 0 Å². The minimum atomic E-state index is -0.810. The molecule has 0 amide bonds. The zero-order chi connectivity index (χ0) is 13.4. The van der Waals surface area contributed by atoms with Crippen LogP contribution in [0, 0.1) is 5.92 Å². The van der Waals surface area contributed by atoms with Gasteiger partial charge in [-0.3, -0.25) is 4.79 Å². The molecule has 1 aromatic heterocycles. The molecule has 2 aromatic rings. The Morgan fingerprint density at radius 1 is 1.42 bits per heavy atom. The minimum absolute atomic E-state index is 0.000926. The summed E-state index contributed by atoms with van der Waals surface area (Å²) in [6, 6.07) is 7.79. The van der Waals surface area contributed by atoms with Gasteiger partial charge in [-0.25, -0.2) is 4.98 Å². The van der Waals surface area contributed by atoms with Crippen LogP contribution in [0.2, 0.25) is 0 Å². The van der Waals surface area contributed by atoms with E-state index in [-0.39, 0.29) is 6.54 Å². The number of nitrogens with zero attached hydrogens (tertiary/aromatic N) is 2. The van der Waals surface area contributed by atoms with Crippen molar-refractivity contribution >= 4 is 17.0 Å². The lowest BCUT2D eigenvalue weighted by atomic mass is 9.97. The van der Waals surface area contributed by atoms with Crippen molar-refractivity contribution in [2.45, 2.75) is 38.6 Å². The average Bonchev–Trinajstić information content (AvgIpc) is 2.93. The summed E-state index contributed by atoms with van der Waals surface area (Å²) in [5.41, 5.74) is 1.83. The summed E-state index contributed by atoms with van der Waals surface area (Å²) in [6.07, 6.45) is 3.53. The fourth-order valence-electron chi connectivity index (χ4n) is 3.21. The van der Waals surface area contributed by atoms with Gasteiger partial charge in [0.15, 0.2) is 0 Å². The molecule has 2 atom stereocenters. The summed E-state index contributed by atoms with van der Waals surface area (Å²) in [5.74, 6) is 1.12. The highest BCUT2D eigenvalue weighted by molar-refractivity contribution is 5.78. The second kappa shape index (κ2) is 4.68. The van der Waals surface area contributed by atoms with E-state index in [1.54, 1.807) is 0 Å². The van der Waals surface area contributed by atoms with Gasteiger partial charge in [-0.1, -0.05) is 25.5 Å². The Balaban J connectivity index is 2.13. The summed E-state index contributed by atoms with van der Waals surface area (Å²) >= 11 is 0. The minimum Gasteiger partial charge on any atom is -0.480 e. The Bertz CT molecular complexity index is 618. The lowest BCUT2D eigenvalue weighted by Gasteiger charge is -2.16. The average molecular weight is 258 g/mol. The number of carboxylic acids is 1. The van der Waals surface area contributed by atoms with Crippen molar-refractivity contribution in [3.63, 3.8) is 0 Å². The van der Waals surface area contributed by atoms with Gasteiger partial charge < -0.3 is 9.67 Å². The van der Waals surface area contributed by atoms with Crippen LogP contribution in [-0.2, 0) is 11.3 Å². The zero-order valence-electron chi connectivity index (χ0n) is 11.0. The predicted octanol–water partition coefficient (Wildman–Crippen LogP) is 3.02. The number of aromatic nitrogens is 2. The summed E-state index contributed by atoms with van der Waals surface area (Å²) in [5, 5.41) is 9.13. The van der Waals surface area contributed by atoms with Crippen LogP contribution >= 0.6 is 0 Å². The van der Waals surface area contributed by atoms with E-state index in [0.717, 1.165) is 23.3 Å². The third kappa shape index (κ3) is 2.11. The highest BCUT2D eigenvalue weighted by Gasteiger charge is 2.29. The van der Waals surface area contributed by atoms with E-state index in [9.17, 15) is 4.79 Å². The van der Waals surface area contributed by atoms with Crippen LogP contribution < -0.4 is 0 Å². The molecule has 1 fully saturated rings. The van der Waals surface area contributed by atoms with Gasteiger partial charge in [0.25, 0.3) is 0 Å². The lowest BCUT2D eigenvalue weighted by Crippen LogP contribution is -2.16. The number of rotatable bonds is 3. The molecule has 100 valence electrons. The Morgan fingerprint density at radius 2 is 2.21 bits per heavy atom. The molecule has 0 saturated heterocycles. The topological polar surface area (TPSA) is 55.1 Å². The first-order chi connectivity index (χ1) is 9.16. The maximum atomic E-state index is 11.1. The van der Waals surface area contributed by atoms with Crippen LogP contribution in [0.4, 0.5) is 0 Å². The van der Waals surface area contributed by atoms with E-state index in [1.807, 2.05) is 28.8 Å². The maximum Gasteiger partial charge on any atom is 0.323 e. The zero-order valence-corrected chi connectivity index (χ0v) is 11.0. The Kier molecular flexibility index (Phi) is 3.01. The molecule has 1 aliphatic carbocycles. The van der Waals surface area contributed by atoms with Crippen LogP contribution in [0.1, 0.15) is 37.9 Å². The van der Waals surface area contributed by atoms with E-state index in [0.29, 0.717) is 11.8 Å². The van der Waals surface area contributed by atoms with Gasteiger partial charge >= 0.3 is 5.97 Å². The fourth-order valence-corrected chi connectivity index (χ4v) is 3.21. The molecule has 19 heavy (non-hydrogen) atoms. The molecule has 2 unspecified atom stereocenters. The van der Waals surface area contributed by atoms with Crippen molar-refractivity contribution in [3.8, 4) is 0 Å². The van der Waals surface area contributed by atoms with E-state index in [1.165, 1.54) is 12.8 Å². The summed E-state index contributed by atoms with van der Waals surface area (Å²) in [4.78, 5) is 15.8.